The van der Waals surface area contributed by atoms with Crippen LogP contribution in [-0.2, 0) is 26.0 Å². The van der Waals surface area contributed by atoms with Crippen LogP contribution in [0.2, 0.25) is 0 Å². The molecule has 0 radical (unpaired) electrons. The molecule has 3 N–H and O–H groups in total. The largest absolute Gasteiger partial charge is 0.346 e. The van der Waals surface area contributed by atoms with Crippen LogP contribution in [0, 0.1) is 5.92 Å². The zero-order valence-corrected chi connectivity index (χ0v) is 16.3. The quantitative estimate of drug-likeness (QED) is 0.715. The van der Waals surface area contributed by atoms with Crippen LogP contribution in [0.15, 0.2) is 23.1 Å². The van der Waals surface area contributed by atoms with Crippen LogP contribution in [0.5, 0.6) is 0 Å². The molecular weight excluding hydrogens is 356 g/mol. The molecule has 1 heterocycles. The first-order chi connectivity index (χ1) is 12.1. The highest BCUT2D eigenvalue weighted by molar-refractivity contribution is 7.89. The van der Waals surface area contributed by atoms with Crippen molar-refractivity contribution in [2.45, 2.75) is 31.2 Å². The van der Waals surface area contributed by atoms with Crippen molar-refractivity contribution in [1.82, 2.24) is 9.62 Å². The Hall–Kier alpha value is -1.97. The van der Waals surface area contributed by atoms with Crippen molar-refractivity contribution >= 4 is 27.5 Å². The summed E-state index contributed by atoms with van der Waals surface area (Å²) in [6.45, 7) is 3.93. The van der Waals surface area contributed by atoms with Crippen molar-refractivity contribution in [2.24, 2.45) is 11.7 Å². The number of carbonyl (C=O) groups excluding carboxylic acids is 2. The number of amides is 2. The minimum atomic E-state index is -3.58. The zero-order chi connectivity index (χ0) is 19.6. The fourth-order valence-corrected chi connectivity index (χ4v) is 3.59. The van der Waals surface area contributed by atoms with Crippen LogP contribution >= 0.6 is 0 Å². The molecule has 1 aliphatic heterocycles. The van der Waals surface area contributed by atoms with Crippen molar-refractivity contribution in [3.8, 4) is 0 Å². The Balaban J connectivity index is 2.15. The first-order valence-electron chi connectivity index (χ1n) is 8.44. The molecule has 1 aromatic rings. The van der Waals surface area contributed by atoms with Gasteiger partial charge >= 0.3 is 0 Å². The number of benzene rings is 1. The molecule has 0 aliphatic carbocycles. The lowest BCUT2D eigenvalue weighted by atomic mass is 10.1. The van der Waals surface area contributed by atoms with Gasteiger partial charge in [-0.2, -0.15) is 0 Å². The molecule has 0 fully saturated rings. The van der Waals surface area contributed by atoms with E-state index in [4.69, 9.17) is 5.73 Å². The van der Waals surface area contributed by atoms with Gasteiger partial charge in [0.15, 0.2) is 0 Å². The van der Waals surface area contributed by atoms with E-state index in [0.717, 1.165) is 9.87 Å². The van der Waals surface area contributed by atoms with E-state index >= 15 is 0 Å². The van der Waals surface area contributed by atoms with Gasteiger partial charge < -0.3 is 16.0 Å². The molecule has 1 aliphatic rings. The summed E-state index contributed by atoms with van der Waals surface area (Å²) in [6, 6.07) is 4.11. The predicted octanol–water partition coefficient (Wildman–Crippen LogP) is -0.0745. The SMILES string of the molecule is CC(C)[C@H](N)C(=O)NCC(=O)N1CCc2ccc(S(=O)(=O)N(C)C)cc21. The summed E-state index contributed by atoms with van der Waals surface area (Å²) in [6.07, 6.45) is 0.642. The molecule has 8 nitrogen and oxygen atoms in total. The molecule has 0 aromatic heterocycles. The molecule has 0 spiro atoms. The minimum absolute atomic E-state index is 0.0311. The van der Waals surface area contributed by atoms with Gasteiger partial charge in [-0.3, -0.25) is 9.59 Å². The maximum absolute atomic E-state index is 12.5. The van der Waals surface area contributed by atoms with Crippen molar-refractivity contribution in [3.63, 3.8) is 0 Å². The summed E-state index contributed by atoms with van der Waals surface area (Å²) in [5.74, 6) is -0.708. The number of nitrogens with zero attached hydrogens (tertiary/aromatic N) is 2. The molecule has 1 aromatic carbocycles. The highest BCUT2D eigenvalue weighted by Crippen LogP contribution is 2.31. The maximum Gasteiger partial charge on any atom is 0.246 e. The average molecular weight is 382 g/mol. The van der Waals surface area contributed by atoms with E-state index in [0.29, 0.717) is 18.7 Å². The average Bonchev–Trinajstić information content (AvgIpc) is 3.01. The topological polar surface area (TPSA) is 113 Å². The smallest absolute Gasteiger partial charge is 0.246 e. The summed E-state index contributed by atoms with van der Waals surface area (Å²) in [5.41, 5.74) is 7.24. The third kappa shape index (κ3) is 4.05. The number of hydrogen-bond donors (Lipinski definition) is 2. The molecule has 9 heteroatoms. The number of nitrogens with two attached hydrogens (primary N) is 1. The van der Waals surface area contributed by atoms with Gasteiger partial charge in [-0.05, 0) is 30.0 Å². The number of anilines is 1. The molecule has 0 saturated carbocycles. The number of carbonyl (C=O) groups is 2. The molecule has 0 unspecified atom stereocenters. The highest BCUT2D eigenvalue weighted by Gasteiger charge is 2.28. The lowest BCUT2D eigenvalue weighted by Gasteiger charge is -2.20. The molecule has 0 saturated heterocycles. The summed E-state index contributed by atoms with van der Waals surface area (Å²) in [5, 5.41) is 2.55. The molecule has 2 amide bonds. The van der Waals surface area contributed by atoms with Gasteiger partial charge in [-0.25, -0.2) is 12.7 Å². The third-order valence-corrected chi connectivity index (χ3v) is 6.28. The number of nitrogens with one attached hydrogen (secondary N) is 1. The molecule has 1 atom stereocenters. The van der Waals surface area contributed by atoms with E-state index < -0.39 is 16.1 Å². The number of sulfonamides is 1. The van der Waals surface area contributed by atoms with Crippen molar-refractivity contribution in [2.75, 3.05) is 32.1 Å². The summed E-state index contributed by atoms with van der Waals surface area (Å²) >= 11 is 0. The Morgan fingerprint density at radius 3 is 2.54 bits per heavy atom. The molecule has 26 heavy (non-hydrogen) atoms. The number of rotatable bonds is 6. The van der Waals surface area contributed by atoms with Gasteiger partial charge in [0, 0.05) is 26.3 Å². The van der Waals surface area contributed by atoms with E-state index in [1.807, 2.05) is 13.8 Å². The first-order valence-corrected chi connectivity index (χ1v) is 9.88. The van der Waals surface area contributed by atoms with Gasteiger partial charge in [0.2, 0.25) is 21.8 Å². The Bertz CT molecular complexity index is 805. The van der Waals surface area contributed by atoms with Gasteiger partial charge in [0.05, 0.1) is 17.5 Å². The Morgan fingerprint density at radius 1 is 1.31 bits per heavy atom. The molecule has 144 valence electrons. The lowest BCUT2D eigenvalue weighted by molar-refractivity contribution is -0.126. The predicted molar refractivity (Wildman–Crippen MR) is 99.2 cm³/mol. The second-order valence-electron chi connectivity index (χ2n) is 6.86. The maximum atomic E-state index is 12.5. The zero-order valence-electron chi connectivity index (χ0n) is 15.5. The molecular formula is C17H26N4O4S. The van der Waals surface area contributed by atoms with Crippen LogP contribution in [0.4, 0.5) is 5.69 Å². The van der Waals surface area contributed by atoms with Gasteiger partial charge in [0.1, 0.15) is 0 Å². The van der Waals surface area contributed by atoms with Crippen LogP contribution < -0.4 is 16.0 Å². The van der Waals surface area contributed by atoms with Crippen LogP contribution in [0.1, 0.15) is 19.4 Å². The fourth-order valence-electron chi connectivity index (χ4n) is 2.67. The highest BCUT2D eigenvalue weighted by atomic mass is 32.2. The second kappa shape index (κ2) is 7.73. The van der Waals surface area contributed by atoms with Crippen LogP contribution in [-0.4, -0.2) is 57.8 Å². The second-order valence-corrected chi connectivity index (χ2v) is 9.01. The van der Waals surface area contributed by atoms with Crippen LogP contribution in [0.3, 0.4) is 0 Å². The van der Waals surface area contributed by atoms with Gasteiger partial charge in [-0.15, -0.1) is 0 Å². The van der Waals surface area contributed by atoms with Crippen molar-refractivity contribution in [1.29, 1.82) is 0 Å². The van der Waals surface area contributed by atoms with Crippen molar-refractivity contribution in [3.05, 3.63) is 23.8 Å². The monoisotopic (exact) mass is 382 g/mol. The number of hydrogen-bond acceptors (Lipinski definition) is 5. The summed E-state index contributed by atoms with van der Waals surface area (Å²) in [7, 11) is -0.670. The normalized spacial score (nSPS) is 15.3. The molecule has 2 rings (SSSR count). The Morgan fingerprint density at radius 2 is 1.96 bits per heavy atom. The van der Waals surface area contributed by atoms with Gasteiger partial charge in [-0.1, -0.05) is 19.9 Å². The minimum Gasteiger partial charge on any atom is -0.346 e. The van der Waals surface area contributed by atoms with E-state index in [-0.39, 0.29) is 29.2 Å². The van der Waals surface area contributed by atoms with E-state index in [9.17, 15) is 18.0 Å². The van der Waals surface area contributed by atoms with Gasteiger partial charge in [0.25, 0.3) is 0 Å². The molecule has 0 bridgehead atoms. The van der Waals surface area contributed by atoms with Crippen LogP contribution in [0.25, 0.3) is 0 Å². The van der Waals surface area contributed by atoms with E-state index in [1.165, 1.54) is 25.1 Å². The van der Waals surface area contributed by atoms with E-state index in [2.05, 4.69) is 5.32 Å². The standard InChI is InChI=1S/C17H26N4O4S/c1-11(2)16(18)17(23)19-10-15(22)21-8-7-12-5-6-13(9-14(12)21)26(24,25)20(3)4/h5-6,9,11,16H,7-8,10,18H2,1-4H3,(H,19,23)/t16-/m0/s1. The summed E-state index contributed by atoms with van der Waals surface area (Å²) in [4.78, 5) is 26.1. The Kier molecular flexibility index (Phi) is 6.05. The Labute approximate surface area is 154 Å². The first kappa shape index (κ1) is 20.3. The van der Waals surface area contributed by atoms with E-state index in [1.54, 1.807) is 12.1 Å². The third-order valence-electron chi connectivity index (χ3n) is 4.47. The van der Waals surface area contributed by atoms with Crippen molar-refractivity contribution < 1.29 is 18.0 Å². The summed E-state index contributed by atoms with van der Waals surface area (Å²) < 4.78 is 25.8. The lowest BCUT2D eigenvalue weighted by Crippen LogP contribution is -2.47. The number of fused-ring (bicyclic) bond motifs is 1. The fraction of sp³-hybridized carbons (Fsp3) is 0.529.